The van der Waals surface area contributed by atoms with E-state index in [9.17, 15) is 13.2 Å². The summed E-state index contributed by atoms with van der Waals surface area (Å²) >= 11 is 0. The molecule has 0 atom stereocenters. The van der Waals surface area contributed by atoms with Gasteiger partial charge in [0, 0.05) is 49.5 Å². The van der Waals surface area contributed by atoms with Crippen LogP contribution in [0.15, 0.2) is 30.3 Å². The quantitative estimate of drug-likeness (QED) is 0.685. The molecular formula is C22H30N6O3S. The summed E-state index contributed by atoms with van der Waals surface area (Å²) in [5, 5.41) is 6.26. The van der Waals surface area contributed by atoms with Crippen molar-refractivity contribution in [3.8, 4) is 0 Å². The van der Waals surface area contributed by atoms with Crippen molar-refractivity contribution < 1.29 is 13.2 Å². The minimum absolute atomic E-state index is 0.0689. The molecule has 10 heteroatoms. The highest BCUT2D eigenvalue weighted by Crippen LogP contribution is 2.25. The number of nitrogens with one attached hydrogen (secondary N) is 2. The van der Waals surface area contributed by atoms with E-state index in [0.717, 1.165) is 36.2 Å². The number of nitrogens with zero attached hydrogens (tertiary/aromatic N) is 4. The fourth-order valence-electron chi connectivity index (χ4n) is 4.20. The van der Waals surface area contributed by atoms with Gasteiger partial charge in [-0.3, -0.25) is 4.79 Å². The van der Waals surface area contributed by atoms with Gasteiger partial charge in [-0.05, 0) is 56.9 Å². The van der Waals surface area contributed by atoms with Crippen LogP contribution in [0.4, 0.5) is 23.0 Å². The van der Waals surface area contributed by atoms with Crippen molar-refractivity contribution >= 4 is 38.9 Å². The molecule has 4 rings (SSSR count). The van der Waals surface area contributed by atoms with Gasteiger partial charge in [-0.1, -0.05) is 0 Å². The zero-order valence-electron chi connectivity index (χ0n) is 18.5. The van der Waals surface area contributed by atoms with E-state index in [1.165, 1.54) is 23.4 Å². The van der Waals surface area contributed by atoms with Crippen LogP contribution in [-0.4, -0.2) is 61.0 Å². The zero-order valence-corrected chi connectivity index (χ0v) is 19.4. The molecule has 172 valence electrons. The Morgan fingerprint density at radius 2 is 1.62 bits per heavy atom. The van der Waals surface area contributed by atoms with Crippen molar-refractivity contribution in [2.24, 2.45) is 5.92 Å². The minimum atomic E-state index is -3.19. The third kappa shape index (κ3) is 5.55. The van der Waals surface area contributed by atoms with Crippen LogP contribution in [0.5, 0.6) is 0 Å². The molecule has 1 aromatic heterocycles. The monoisotopic (exact) mass is 458 g/mol. The number of carbonyl (C=O) groups is 1. The molecule has 0 spiro atoms. The molecule has 0 unspecified atom stereocenters. The fourth-order valence-corrected chi connectivity index (χ4v) is 5.08. The molecule has 2 aliphatic heterocycles. The number of hydrogen-bond donors (Lipinski definition) is 2. The van der Waals surface area contributed by atoms with Gasteiger partial charge in [0.15, 0.2) is 0 Å². The summed E-state index contributed by atoms with van der Waals surface area (Å²) in [5.74, 6) is 2.17. The van der Waals surface area contributed by atoms with E-state index < -0.39 is 10.0 Å². The normalized spacial score (nSPS) is 18.0. The van der Waals surface area contributed by atoms with Gasteiger partial charge in [0.2, 0.25) is 15.9 Å². The predicted molar refractivity (Wildman–Crippen MR) is 126 cm³/mol. The molecule has 2 N–H and O–H groups in total. The van der Waals surface area contributed by atoms with Gasteiger partial charge in [-0.25, -0.2) is 22.7 Å². The Labute approximate surface area is 189 Å². The van der Waals surface area contributed by atoms with E-state index in [1.54, 1.807) is 0 Å². The molecule has 9 nitrogen and oxygen atoms in total. The largest absolute Gasteiger partial charge is 0.356 e. The molecule has 2 aromatic rings. The maximum atomic E-state index is 12.6. The average Bonchev–Trinajstić information content (AvgIpc) is 3.29. The highest BCUT2D eigenvalue weighted by atomic mass is 32.2. The van der Waals surface area contributed by atoms with Crippen molar-refractivity contribution in [3.63, 3.8) is 0 Å². The first kappa shape index (κ1) is 22.5. The third-order valence-corrected chi connectivity index (χ3v) is 7.28. The van der Waals surface area contributed by atoms with Crippen LogP contribution in [0.25, 0.3) is 0 Å². The second-order valence-corrected chi connectivity index (χ2v) is 10.5. The molecule has 2 fully saturated rings. The van der Waals surface area contributed by atoms with Gasteiger partial charge in [-0.15, -0.1) is 0 Å². The summed E-state index contributed by atoms with van der Waals surface area (Å²) in [6.45, 7) is 4.72. The number of rotatable bonds is 6. The molecule has 2 saturated heterocycles. The number of aromatic nitrogens is 2. The number of piperidine rings is 1. The van der Waals surface area contributed by atoms with Gasteiger partial charge in [0.25, 0.3) is 0 Å². The molecule has 0 saturated carbocycles. The second-order valence-electron chi connectivity index (χ2n) is 8.48. The van der Waals surface area contributed by atoms with Crippen LogP contribution in [0.2, 0.25) is 0 Å². The average molecular weight is 459 g/mol. The van der Waals surface area contributed by atoms with Crippen LogP contribution in [0, 0.1) is 12.8 Å². The number of sulfonamides is 1. The summed E-state index contributed by atoms with van der Waals surface area (Å²) in [4.78, 5) is 23.9. The fraction of sp³-hybridized carbons (Fsp3) is 0.500. The van der Waals surface area contributed by atoms with Crippen LogP contribution in [-0.2, 0) is 14.8 Å². The molecule has 0 bridgehead atoms. The van der Waals surface area contributed by atoms with Crippen LogP contribution in [0.3, 0.4) is 0 Å². The number of hydrogen-bond acceptors (Lipinski definition) is 7. The molecule has 1 amide bonds. The summed E-state index contributed by atoms with van der Waals surface area (Å²) in [7, 11) is -3.19. The zero-order chi connectivity index (χ0) is 22.7. The Kier molecular flexibility index (Phi) is 6.61. The SMILES string of the molecule is Cc1nc(Nc2ccc(NC(=O)C3CCN(S(C)(=O)=O)CC3)cc2)cc(N2CCCC2)n1. The van der Waals surface area contributed by atoms with Crippen molar-refractivity contribution in [2.75, 3.05) is 48.0 Å². The van der Waals surface area contributed by atoms with E-state index in [4.69, 9.17) is 0 Å². The minimum Gasteiger partial charge on any atom is -0.356 e. The lowest BCUT2D eigenvalue weighted by Crippen LogP contribution is -2.40. The van der Waals surface area contributed by atoms with Crippen molar-refractivity contribution in [2.45, 2.75) is 32.6 Å². The molecule has 2 aliphatic rings. The number of amides is 1. The maximum Gasteiger partial charge on any atom is 0.227 e. The van der Waals surface area contributed by atoms with Gasteiger partial charge in [0.1, 0.15) is 17.5 Å². The summed E-state index contributed by atoms with van der Waals surface area (Å²) in [6.07, 6.45) is 4.65. The predicted octanol–water partition coefficient (Wildman–Crippen LogP) is 2.74. The highest BCUT2D eigenvalue weighted by molar-refractivity contribution is 7.88. The van der Waals surface area contributed by atoms with E-state index in [0.29, 0.717) is 31.6 Å². The lowest BCUT2D eigenvalue weighted by atomic mass is 9.97. The molecule has 1 aromatic carbocycles. The maximum absolute atomic E-state index is 12.6. The van der Waals surface area contributed by atoms with E-state index in [-0.39, 0.29) is 11.8 Å². The standard InChI is InChI=1S/C22H30N6O3S/c1-16-23-20(15-21(24-16)27-11-3-4-12-27)25-18-5-7-19(8-6-18)26-22(29)17-9-13-28(14-10-17)32(2,30)31/h5-8,15,17H,3-4,9-14H2,1-2H3,(H,26,29)(H,23,24,25). The Hall–Kier alpha value is -2.72. The summed E-state index contributed by atoms with van der Waals surface area (Å²) in [5.41, 5.74) is 1.58. The van der Waals surface area contributed by atoms with E-state index in [1.807, 2.05) is 37.3 Å². The van der Waals surface area contributed by atoms with E-state index in [2.05, 4.69) is 25.5 Å². The summed E-state index contributed by atoms with van der Waals surface area (Å²) in [6, 6.07) is 9.46. The van der Waals surface area contributed by atoms with Gasteiger partial charge < -0.3 is 15.5 Å². The topological polar surface area (TPSA) is 108 Å². The number of benzene rings is 1. The molecule has 0 radical (unpaired) electrons. The van der Waals surface area contributed by atoms with Crippen LogP contribution in [0.1, 0.15) is 31.5 Å². The second kappa shape index (κ2) is 9.41. The number of carbonyl (C=O) groups excluding carboxylic acids is 1. The van der Waals surface area contributed by atoms with Gasteiger partial charge in [-0.2, -0.15) is 0 Å². The van der Waals surface area contributed by atoms with Gasteiger partial charge >= 0.3 is 0 Å². The Morgan fingerprint density at radius 1 is 1.00 bits per heavy atom. The lowest BCUT2D eigenvalue weighted by Gasteiger charge is -2.29. The Balaban J connectivity index is 1.34. The molecular weight excluding hydrogens is 428 g/mol. The summed E-state index contributed by atoms with van der Waals surface area (Å²) < 4.78 is 24.7. The number of anilines is 4. The first-order valence-corrected chi connectivity index (χ1v) is 12.9. The van der Waals surface area contributed by atoms with E-state index >= 15 is 0 Å². The Bertz CT molecular complexity index is 1060. The Morgan fingerprint density at radius 3 is 2.25 bits per heavy atom. The first-order valence-electron chi connectivity index (χ1n) is 11.0. The lowest BCUT2D eigenvalue weighted by molar-refractivity contribution is -0.120. The van der Waals surface area contributed by atoms with Crippen LogP contribution < -0.4 is 15.5 Å². The van der Waals surface area contributed by atoms with Crippen molar-refractivity contribution in [3.05, 3.63) is 36.2 Å². The van der Waals surface area contributed by atoms with Crippen molar-refractivity contribution in [1.29, 1.82) is 0 Å². The highest BCUT2D eigenvalue weighted by Gasteiger charge is 2.28. The third-order valence-electron chi connectivity index (χ3n) is 5.97. The van der Waals surface area contributed by atoms with Crippen LogP contribution >= 0.6 is 0 Å². The number of aryl methyl sites for hydroxylation is 1. The molecule has 0 aliphatic carbocycles. The first-order chi connectivity index (χ1) is 15.3. The van der Waals surface area contributed by atoms with Gasteiger partial charge in [0.05, 0.1) is 6.26 Å². The molecule has 3 heterocycles. The smallest absolute Gasteiger partial charge is 0.227 e. The molecule has 32 heavy (non-hydrogen) atoms. The van der Waals surface area contributed by atoms with Crippen molar-refractivity contribution in [1.82, 2.24) is 14.3 Å².